The number of rotatable bonds is 4. The molecule has 3 heterocycles. The summed E-state index contributed by atoms with van der Waals surface area (Å²) >= 11 is 5.93. The second kappa shape index (κ2) is 6.88. The SMILES string of the molecule is Cn1cnnc1[C@@H]1CCCN1S(=O)(=O)C1CN(C(=O)c2cccc(Cl)c2)C1. The number of hydrogen-bond donors (Lipinski definition) is 0. The molecule has 1 aromatic carbocycles. The number of carbonyl (C=O) groups excluding carboxylic acids is 1. The first-order chi connectivity index (χ1) is 12.9. The number of amides is 1. The Labute approximate surface area is 162 Å². The summed E-state index contributed by atoms with van der Waals surface area (Å²) in [5.41, 5.74) is 0.469. The largest absolute Gasteiger partial charge is 0.336 e. The Balaban J connectivity index is 1.47. The van der Waals surface area contributed by atoms with E-state index in [1.807, 2.05) is 7.05 Å². The number of halogens is 1. The third-order valence-electron chi connectivity index (χ3n) is 5.20. The molecular weight excluding hydrogens is 390 g/mol. The lowest BCUT2D eigenvalue weighted by atomic mass is 10.1. The molecule has 27 heavy (non-hydrogen) atoms. The minimum atomic E-state index is -3.52. The minimum absolute atomic E-state index is 0.190. The van der Waals surface area contributed by atoms with Crippen molar-refractivity contribution >= 4 is 27.5 Å². The van der Waals surface area contributed by atoms with Gasteiger partial charge < -0.3 is 9.47 Å². The predicted molar refractivity (Wildman–Crippen MR) is 99.7 cm³/mol. The first-order valence-electron chi connectivity index (χ1n) is 8.77. The molecule has 0 unspecified atom stereocenters. The summed E-state index contributed by atoms with van der Waals surface area (Å²) in [6, 6.07) is 6.39. The maximum Gasteiger partial charge on any atom is 0.253 e. The van der Waals surface area contributed by atoms with Crippen LogP contribution >= 0.6 is 11.6 Å². The van der Waals surface area contributed by atoms with E-state index in [0.29, 0.717) is 23.0 Å². The number of carbonyl (C=O) groups is 1. The molecule has 0 saturated carbocycles. The maximum absolute atomic E-state index is 13.1. The van der Waals surface area contributed by atoms with Crippen molar-refractivity contribution in [1.82, 2.24) is 24.0 Å². The van der Waals surface area contributed by atoms with Crippen LogP contribution in [0.5, 0.6) is 0 Å². The van der Waals surface area contributed by atoms with Crippen LogP contribution in [0.3, 0.4) is 0 Å². The van der Waals surface area contributed by atoms with Crippen molar-refractivity contribution in [2.24, 2.45) is 7.05 Å². The zero-order chi connectivity index (χ0) is 19.2. The van der Waals surface area contributed by atoms with E-state index in [-0.39, 0.29) is 25.0 Å². The molecule has 2 aliphatic heterocycles. The van der Waals surface area contributed by atoms with Gasteiger partial charge in [-0.1, -0.05) is 17.7 Å². The molecule has 1 atom stereocenters. The number of likely N-dealkylation sites (tertiary alicyclic amines) is 1. The first-order valence-corrected chi connectivity index (χ1v) is 10.7. The summed E-state index contributed by atoms with van der Waals surface area (Å²) in [6.07, 6.45) is 3.09. The van der Waals surface area contributed by atoms with E-state index in [1.165, 1.54) is 4.31 Å². The highest BCUT2D eigenvalue weighted by Crippen LogP contribution is 2.36. The van der Waals surface area contributed by atoms with Crippen molar-refractivity contribution in [2.75, 3.05) is 19.6 Å². The second-order valence-corrected chi connectivity index (χ2v) is 9.56. The molecular formula is C17H20ClN5O3S. The molecule has 144 valence electrons. The Morgan fingerprint density at radius 1 is 1.30 bits per heavy atom. The standard InChI is InChI=1S/C17H20ClN5O3S/c1-21-11-19-20-16(21)15-6-3-7-23(15)27(25,26)14-9-22(10-14)17(24)12-4-2-5-13(18)8-12/h2,4-5,8,11,14-15H,3,6-7,9-10H2,1H3/t15-/m0/s1. The number of nitrogens with zero attached hydrogens (tertiary/aromatic N) is 5. The molecule has 1 aromatic heterocycles. The number of aromatic nitrogens is 3. The van der Waals surface area contributed by atoms with Crippen LogP contribution < -0.4 is 0 Å². The molecule has 2 aliphatic rings. The van der Waals surface area contributed by atoms with Crippen LogP contribution in [0.4, 0.5) is 0 Å². The zero-order valence-corrected chi connectivity index (χ0v) is 16.4. The minimum Gasteiger partial charge on any atom is -0.336 e. The normalized spacial score (nSPS) is 21.4. The van der Waals surface area contributed by atoms with Gasteiger partial charge in [0.05, 0.1) is 6.04 Å². The third-order valence-corrected chi connectivity index (χ3v) is 7.67. The van der Waals surface area contributed by atoms with E-state index in [9.17, 15) is 13.2 Å². The Hall–Kier alpha value is -1.97. The fourth-order valence-electron chi connectivity index (χ4n) is 3.68. The molecule has 0 spiro atoms. The molecule has 4 rings (SSSR count). The summed E-state index contributed by atoms with van der Waals surface area (Å²) in [6.45, 7) is 0.851. The molecule has 0 radical (unpaired) electrons. The van der Waals surface area contributed by atoms with E-state index >= 15 is 0 Å². The average molecular weight is 410 g/mol. The quantitative estimate of drug-likeness (QED) is 0.762. The average Bonchev–Trinajstić information content (AvgIpc) is 3.21. The van der Waals surface area contributed by atoms with Crippen LogP contribution in [-0.4, -0.2) is 63.2 Å². The van der Waals surface area contributed by atoms with Crippen LogP contribution in [0.1, 0.15) is 35.1 Å². The Morgan fingerprint density at radius 3 is 2.74 bits per heavy atom. The predicted octanol–water partition coefficient (Wildman–Crippen LogP) is 1.46. The van der Waals surface area contributed by atoms with Gasteiger partial charge in [0.1, 0.15) is 11.6 Å². The van der Waals surface area contributed by atoms with Crippen LogP contribution in [0.15, 0.2) is 30.6 Å². The van der Waals surface area contributed by atoms with E-state index in [2.05, 4.69) is 10.2 Å². The maximum atomic E-state index is 13.1. The number of sulfonamides is 1. The van der Waals surface area contributed by atoms with Gasteiger partial charge in [0.25, 0.3) is 5.91 Å². The monoisotopic (exact) mass is 409 g/mol. The fraction of sp³-hybridized carbons (Fsp3) is 0.471. The highest BCUT2D eigenvalue weighted by atomic mass is 35.5. The van der Waals surface area contributed by atoms with Crippen molar-refractivity contribution in [3.63, 3.8) is 0 Å². The van der Waals surface area contributed by atoms with Crippen LogP contribution in [0.25, 0.3) is 0 Å². The van der Waals surface area contributed by atoms with Crippen LogP contribution in [0.2, 0.25) is 5.02 Å². The lowest BCUT2D eigenvalue weighted by Gasteiger charge is -2.41. The molecule has 0 N–H and O–H groups in total. The smallest absolute Gasteiger partial charge is 0.253 e. The Kier molecular flexibility index (Phi) is 4.69. The number of hydrogen-bond acceptors (Lipinski definition) is 5. The molecule has 8 nitrogen and oxygen atoms in total. The molecule has 10 heteroatoms. The zero-order valence-electron chi connectivity index (χ0n) is 14.8. The summed E-state index contributed by atoms with van der Waals surface area (Å²) in [5.74, 6) is 0.456. The molecule has 0 bridgehead atoms. The van der Waals surface area contributed by atoms with E-state index < -0.39 is 15.3 Å². The second-order valence-electron chi connectivity index (χ2n) is 6.96. The first kappa shape index (κ1) is 18.4. The van der Waals surface area contributed by atoms with Crippen molar-refractivity contribution in [1.29, 1.82) is 0 Å². The van der Waals surface area contributed by atoms with Crippen molar-refractivity contribution < 1.29 is 13.2 Å². The van der Waals surface area contributed by atoms with Gasteiger partial charge in [-0.15, -0.1) is 10.2 Å². The van der Waals surface area contributed by atoms with Gasteiger partial charge >= 0.3 is 0 Å². The van der Waals surface area contributed by atoms with Crippen LogP contribution in [-0.2, 0) is 17.1 Å². The molecule has 2 fully saturated rings. The molecule has 1 amide bonds. The lowest BCUT2D eigenvalue weighted by molar-refractivity contribution is 0.0654. The van der Waals surface area contributed by atoms with Gasteiger partial charge in [-0.05, 0) is 31.0 Å². The Bertz CT molecular complexity index is 970. The van der Waals surface area contributed by atoms with Gasteiger partial charge in [0.2, 0.25) is 10.0 Å². The van der Waals surface area contributed by atoms with Crippen molar-refractivity contribution in [2.45, 2.75) is 24.1 Å². The summed E-state index contributed by atoms with van der Waals surface area (Å²) in [7, 11) is -1.71. The Morgan fingerprint density at radius 2 is 2.07 bits per heavy atom. The van der Waals surface area contributed by atoms with Gasteiger partial charge in [-0.3, -0.25) is 4.79 Å². The molecule has 2 aromatic rings. The van der Waals surface area contributed by atoms with Crippen molar-refractivity contribution in [3.05, 3.63) is 47.0 Å². The summed E-state index contributed by atoms with van der Waals surface area (Å²) in [4.78, 5) is 14.0. The van der Waals surface area contributed by atoms with E-state index in [4.69, 9.17) is 11.6 Å². The van der Waals surface area contributed by atoms with E-state index in [1.54, 1.807) is 40.1 Å². The highest BCUT2D eigenvalue weighted by Gasteiger charge is 2.47. The molecule has 0 aliphatic carbocycles. The van der Waals surface area contributed by atoms with Gasteiger partial charge in [-0.2, -0.15) is 4.31 Å². The highest BCUT2D eigenvalue weighted by molar-refractivity contribution is 7.89. The third kappa shape index (κ3) is 3.24. The fourth-order valence-corrected chi connectivity index (χ4v) is 5.93. The summed E-state index contributed by atoms with van der Waals surface area (Å²) in [5, 5.41) is 7.84. The summed E-state index contributed by atoms with van der Waals surface area (Å²) < 4.78 is 29.5. The van der Waals surface area contributed by atoms with Gasteiger partial charge in [-0.25, -0.2) is 8.42 Å². The van der Waals surface area contributed by atoms with E-state index in [0.717, 1.165) is 12.8 Å². The van der Waals surface area contributed by atoms with Gasteiger partial charge in [0, 0.05) is 37.3 Å². The van der Waals surface area contributed by atoms with Crippen molar-refractivity contribution in [3.8, 4) is 0 Å². The lowest BCUT2D eigenvalue weighted by Crippen LogP contribution is -2.59. The molecule has 2 saturated heterocycles. The topological polar surface area (TPSA) is 88.4 Å². The van der Waals surface area contributed by atoms with Crippen LogP contribution in [0, 0.1) is 0 Å². The number of benzene rings is 1. The number of aryl methyl sites for hydroxylation is 1. The van der Waals surface area contributed by atoms with Gasteiger partial charge in [0.15, 0.2) is 5.82 Å².